The van der Waals surface area contributed by atoms with Gasteiger partial charge < -0.3 is 13.9 Å². The second-order valence-corrected chi connectivity index (χ2v) is 9.93. The molecule has 34 heavy (non-hydrogen) atoms. The quantitative estimate of drug-likeness (QED) is 0.227. The number of rotatable bonds is 6. The minimum absolute atomic E-state index is 0.292. The molecule has 6 rings (SSSR count). The number of thiazole rings is 1. The van der Waals surface area contributed by atoms with Crippen LogP contribution in [0.25, 0.3) is 38.0 Å². The summed E-state index contributed by atoms with van der Waals surface area (Å²) >= 11 is 15.2. The number of hydrogen-bond acceptors (Lipinski definition) is 8. The molecule has 0 bridgehead atoms. The lowest BCUT2D eigenvalue weighted by molar-refractivity contribution is 0.306. The van der Waals surface area contributed by atoms with Gasteiger partial charge in [-0.1, -0.05) is 35.3 Å². The normalized spacial score (nSPS) is 11.5. The fourth-order valence-electron chi connectivity index (χ4n) is 3.50. The van der Waals surface area contributed by atoms with Gasteiger partial charge in [-0.05, 0) is 35.6 Å². The number of furan rings is 1. The van der Waals surface area contributed by atoms with Gasteiger partial charge in [0.1, 0.15) is 28.6 Å². The summed E-state index contributed by atoms with van der Waals surface area (Å²) in [6.45, 7) is 0.292. The van der Waals surface area contributed by atoms with Crippen LogP contribution in [0.4, 0.5) is 0 Å². The number of ether oxygens (including phenoxy) is 2. The van der Waals surface area contributed by atoms with Gasteiger partial charge in [-0.2, -0.15) is 4.52 Å². The zero-order valence-corrected chi connectivity index (χ0v) is 20.6. The summed E-state index contributed by atoms with van der Waals surface area (Å²) in [5.74, 6) is 1.21. The van der Waals surface area contributed by atoms with Gasteiger partial charge in [0.05, 0.1) is 24.4 Å². The van der Waals surface area contributed by atoms with Crippen LogP contribution in [0, 0.1) is 0 Å². The van der Waals surface area contributed by atoms with Gasteiger partial charge in [0.25, 0.3) is 5.19 Å². The molecule has 0 amide bonds. The van der Waals surface area contributed by atoms with Crippen molar-refractivity contribution in [3.8, 4) is 33.0 Å². The van der Waals surface area contributed by atoms with Crippen LogP contribution in [0.2, 0.25) is 10.0 Å². The van der Waals surface area contributed by atoms with Gasteiger partial charge in [0.2, 0.25) is 4.96 Å². The monoisotopic (exact) mass is 528 g/mol. The van der Waals surface area contributed by atoms with E-state index in [-0.39, 0.29) is 0 Å². The first-order valence-electron chi connectivity index (χ1n) is 10.0. The SMILES string of the molecule is COc1nn2c(-c3cc4c(OCc5csc(-c6ccc(Cl)cc6)n5)cc(Cl)cc4o3)cnc2s1. The third-order valence-electron chi connectivity index (χ3n) is 5.08. The summed E-state index contributed by atoms with van der Waals surface area (Å²) in [6.07, 6.45) is 1.71. The van der Waals surface area contributed by atoms with Crippen LogP contribution in [0.1, 0.15) is 5.69 Å². The number of fused-ring (bicyclic) bond motifs is 2. The number of benzene rings is 2. The summed E-state index contributed by atoms with van der Waals surface area (Å²) < 4.78 is 19.1. The lowest BCUT2D eigenvalue weighted by Crippen LogP contribution is -1.96. The van der Waals surface area contributed by atoms with Crippen LogP contribution in [0.3, 0.4) is 0 Å². The van der Waals surface area contributed by atoms with Crippen molar-refractivity contribution in [1.29, 1.82) is 0 Å². The first-order valence-corrected chi connectivity index (χ1v) is 12.5. The topological polar surface area (TPSA) is 74.7 Å². The maximum atomic E-state index is 6.34. The molecule has 4 heterocycles. The van der Waals surface area contributed by atoms with Gasteiger partial charge in [0.15, 0.2) is 5.76 Å². The summed E-state index contributed by atoms with van der Waals surface area (Å²) in [6, 6.07) is 13.0. The first-order chi connectivity index (χ1) is 16.6. The van der Waals surface area contributed by atoms with E-state index < -0.39 is 0 Å². The van der Waals surface area contributed by atoms with Gasteiger partial charge in [-0.15, -0.1) is 16.4 Å². The van der Waals surface area contributed by atoms with E-state index >= 15 is 0 Å². The molecule has 0 saturated carbocycles. The maximum Gasteiger partial charge on any atom is 0.294 e. The van der Waals surface area contributed by atoms with Crippen molar-refractivity contribution < 1.29 is 13.9 Å². The van der Waals surface area contributed by atoms with Crippen molar-refractivity contribution in [3.05, 3.63) is 69.8 Å². The van der Waals surface area contributed by atoms with E-state index in [0.29, 0.717) is 49.6 Å². The van der Waals surface area contributed by atoms with E-state index in [2.05, 4.69) is 15.1 Å². The minimum Gasteiger partial charge on any atom is -0.486 e. The van der Waals surface area contributed by atoms with E-state index in [1.165, 1.54) is 11.3 Å². The molecule has 0 fully saturated rings. The molecule has 170 valence electrons. The Morgan fingerprint density at radius 3 is 2.76 bits per heavy atom. The Morgan fingerprint density at radius 2 is 1.94 bits per heavy atom. The second-order valence-electron chi connectivity index (χ2n) is 7.28. The zero-order valence-electron chi connectivity index (χ0n) is 17.5. The highest BCUT2D eigenvalue weighted by molar-refractivity contribution is 7.18. The highest BCUT2D eigenvalue weighted by Gasteiger charge is 2.18. The fraction of sp³-hybridized carbons (Fsp3) is 0.0870. The summed E-state index contributed by atoms with van der Waals surface area (Å²) in [5.41, 5.74) is 3.14. The van der Waals surface area contributed by atoms with E-state index in [1.807, 2.05) is 35.7 Å². The number of hydrogen-bond donors (Lipinski definition) is 0. The summed E-state index contributed by atoms with van der Waals surface area (Å²) in [5, 5.41) is 9.81. The van der Waals surface area contributed by atoms with Crippen molar-refractivity contribution in [3.63, 3.8) is 0 Å². The molecule has 0 saturated heterocycles. The van der Waals surface area contributed by atoms with Crippen LogP contribution in [0.5, 0.6) is 10.9 Å². The van der Waals surface area contributed by atoms with Gasteiger partial charge in [-0.3, -0.25) is 0 Å². The molecular formula is C23H14Cl2N4O3S2. The number of methoxy groups -OCH3 is 1. The molecule has 0 N–H and O–H groups in total. The van der Waals surface area contributed by atoms with Crippen molar-refractivity contribution >= 4 is 61.8 Å². The highest BCUT2D eigenvalue weighted by atomic mass is 35.5. The number of halogens is 2. The zero-order chi connectivity index (χ0) is 23.2. The lowest BCUT2D eigenvalue weighted by Gasteiger charge is -2.06. The third kappa shape index (κ3) is 3.90. The molecule has 0 unspecified atom stereocenters. The molecule has 0 atom stereocenters. The number of aromatic nitrogens is 4. The van der Waals surface area contributed by atoms with Gasteiger partial charge in [-0.25, -0.2) is 9.97 Å². The van der Waals surface area contributed by atoms with Crippen molar-refractivity contribution in [2.75, 3.05) is 7.11 Å². The average Bonchev–Trinajstić information content (AvgIpc) is 3.60. The standard InChI is InChI=1S/C23H14Cl2N4O3S2/c1-30-23-28-29-17(9-26-22(29)34-23)20-8-16-18(6-14(25)7-19(16)32-20)31-10-15-11-33-21(27-15)12-2-4-13(24)5-3-12/h2-9,11H,10H2,1H3. The molecule has 0 radical (unpaired) electrons. The highest BCUT2D eigenvalue weighted by Crippen LogP contribution is 2.37. The number of imidazole rings is 1. The average molecular weight is 529 g/mol. The Hall–Kier alpha value is -3.11. The molecule has 2 aromatic carbocycles. The van der Waals surface area contributed by atoms with Crippen LogP contribution in [0.15, 0.2) is 58.5 Å². The predicted octanol–water partition coefficient (Wildman–Crippen LogP) is 7.22. The molecule has 7 nitrogen and oxygen atoms in total. The third-order valence-corrected chi connectivity index (χ3v) is 7.37. The predicted molar refractivity (Wildman–Crippen MR) is 135 cm³/mol. The molecule has 11 heteroatoms. The first kappa shape index (κ1) is 21.4. The molecule has 0 spiro atoms. The van der Waals surface area contributed by atoms with E-state index in [4.69, 9.17) is 37.1 Å². The smallest absolute Gasteiger partial charge is 0.294 e. The summed E-state index contributed by atoms with van der Waals surface area (Å²) in [4.78, 5) is 9.78. The lowest BCUT2D eigenvalue weighted by atomic mass is 10.2. The molecule has 0 aliphatic rings. The molecular weight excluding hydrogens is 515 g/mol. The van der Waals surface area contributed by atoms with E-state index in [1.54, 1.807) is 41.3 Å². The second kappa shape index (κ2) is 8.59. The van der Waals surface area contributed by atoms with E-state index in [0.717, 1.165) is 21.7 Å². The number of nitrogens with zero attached hydrogens (tertiary/aromatic N) is 4. The Kier molecular flexibility index (Phi) is 5.41. The van der Waals surface area contributed by atoms with E-state index in [9.17, 15) is 0 Å². The molecule has 4 aromatic heterocycles. The van der Waals surface area contributed by atoms with Gasteiger partial charge in [0, 0.05) is 27.1 Å². The van der Waals surface area contributed by atoms with Crippen LogP contribution in [-0.2, 0) is 6.61 Å². The van der Waals surface area contributed by atoms with Crippen LogP contribution in [-0.4, -0.2) is 26.7 Å². The Labute approximate surface area is 211 Å². The Bertz CT molecular complexity index is 1640. The molecule has 6 aromatic rings. The largest absolute Gasteiger partial charge is 0.486 e. The summed E-state index contributed by atoms with van der Waals surface area (Å²) in [7, 11) is 1.57. The Morgan fingerprint density at radius 1 is 1.09 bits per heavy atom. The maximum absolute atomic E-state index is 6.34. The van der Waals surface area contributed by atoms with Gasteiger partial charge >= 0.3 is 0 Å². The minimum atomic E-state index is 0.292. The molecule has 0 aliphatic heterocycles. The van der Waals surface area contributed by atoms with Crippen molar-refractivity contribution in [2.45, 2.75) is 6.61 Å². The van der Waals surface area contributed by atoms with Crippen LogP contribution < -0.4 is 9.47 Å². The molecule has 0 aliphatic carbocycles. The Balaban J connectivity index is 1.29. The van der Waals surface area contributed by atoms with Crippen molar-refractivity contribution in [1.82, 2.24) is 19.6 Å². The fourth-order valence-corrected chi connectivity index (χ4v) is 5.32. The van der Waals surface area contributed by atoms with Crippen LogP contribution >= 0.6 is 45.9 Å². The van der Waals surface area contributed by atoms with Crippen molar-refractivity contribution in [2.24, 2.45) is 0 Å².